The van der Waals surface area contributed by atoms with Crippen LogP contribution in [-0.4, -0.2) is 61.5 Å². The van der Waals surface area contributed by atoms with E-state index < -0.39 is 0 Å². The maximum Gasteiger partial charge on any atom is 0.234 e. The van der Waals surface area contributed by atoms with Crippen LogP contribution in [0.15, 0.2) is 0 Å². The highest BCUT2D eigenvalue weighted by Crippen LogP contribution is 2.14. The molecule has 0 aromatic carbocycles. The standard InChI is InChI=1S/C13H23N3O/c1-4-8-14-13(17)11-15(3)12-6-9-16(5-2)10-7-12/h1,12H,5-11H2,2-3H3,(H,14,17). The van der Waals surface area contributed by atoms with E-state index in [2.05, 4.69) is 28.0 Å². The van der Waals surface area contributed by atoms with Crippen molar-refractivity contribution >= 4 is 5.91 Å². The van der Waals surface area contributed by atoms with Gasteiger partial charge in [-0.05, 0) is 39.5 Å². The summed E-state index contributed by atoms with van der Waals surface area (Å²) in [6.07, 6.45) is 7.39. The van der Waals surface area contributed by atoms with Crippen molar-refractivity contribution in [3.8, 4) is 12.3 Å². The molecule has 96 valence electrons. The smallest absolute Gasteiger partial charge is 0.234 e. The summed E-state index contributed by atoms with van der Waals surface area (Å²) in [6, 6.07) is 0.523. The minimum atomic E-state index is 0.0170. The summed E-state index contributed by atoms with van der Waals surface area (Å²) in [5.74, 6) is 2.42. The van der Waals surface area contributed by atoms with Gasteiger partial charge in [0.25, 0.3) is 0 Å². The molecule has 0 atom stereocenters. The summed E-state index contributed by atoms with van der Waals surface area (Å²) in [5, 5.41) is 2.70. The molecular formula is C13H23N3O. The maximum atomic E-state index is 11.5. The highest BCUT2D eigenvalue weighted by molar-refractivity contribution is 5.78. The van der Waals surface area contributed by atoms with E-state index in [0.29, 0.717) is 19.1 Å². The predicted molar refractivity (Wildman–Crippen MR) is 69.6 cm³/mol. The number of terminal acetylenes is 1. The molecule has 4 nitrogen and oxygen atoms in total. The molecule has 1 aliphatic rings. The second kappa shape index (κ2) is 7.31. The lowest BCUT2D eigenvalue weighted by molar-refractivity contribution is -0.122. The third-order valence-corrected chi connectivity index (χ3v) is 3.41. The normalized spacial score (nSPS) is 18.0. The Hall–Kier alpha value is -1.05. The van der Waals surface area contributed by atoms with Crippen LogP contribution in [0.3, 0.4) is 0 Å². The van der Waals surface area contributed by atoms with Crippen molar-refractivity contribution in [3.05, 3.63) is 0 Å². The van der Waals surface area contributed by atoms with Crippen LogP contribution in [0.1, 0.15) is 19.8 Å². The van der Waals surface area contributed by atoms with Crippen molar-refractivity contribution in [2.45, 2.75) is 25.8 Å². The topological polar surface area (TPSA) is 35.6 Å². The minimum Gasteiger partial charge on any atom is -0.344 e. The van der Waals surface area contributed by atoms with Crippen LogP contribution in [0.25, 0.3) is 0 Å². The average Bonchev–Trinajstić information content (AvgIpc) is 2.36. The van der Waals surface area contributed by atoms with Crippen LogP contribution in [0.4, 0.5) is 0 Å². The molecule has 0 spiro atoms. The molecule has 1 N–H and O–H groups in total. The SMILES string of the molecule is C#CCNC(=O)CN(C)C1CCN(CC)CC1. The van der Waals surface area contributed by atoms with Crippen molar-refractivity contribution in [1.29, 1.82) is 0 Å². The van der Waals surface area contributed by atoms with Gasteiger partial charge in [-0.2, -0.15) is 0 Å². The van der Waals surface area contributed by atoms with E-state index in [1.165, 1.54) is 0 Å². The van der Waals surface area contributed by atoms with Crippen molar-refractivity contribution in [1.82, 2.24) is 15.1 Å². The molecule has 1 saturated heterocycles. The summed E-state index contributed by atoms with van der Waals surface area (Å²) in [5.41, 5.74) is 0. The third kappa shape index (κ3) is 4.76. The van der Waals surface area contributed by atoms with Crippen LogP contribution < -0.4 is 5.32 Å². The lowest BCUT2D eigenvalue weighted by Crippen LogP contribution is -2.46. The minimum absolute atomic E-state index is 0.0170. The summed E-state index contributed by atoms with van der Waals surface area (Å²) in [4.78, 5) is 16.1. The summed E-state index contributed by atoms with van der Waals surface area (Å²) in [7, 11) is 2.02. The van der Waals surface area contributed by atoms with Gasteiger partial charge < -0.3 is 10.2 Å². The monoisotopic (exact) mass is 237 g/mol. The molecule has 4 heteroatoms. The fourth-order valence-corrected chi connectivity index (χ4v) is 2.24. The lowest BCUT2D eigenvalue weighted by atomic mass is 10.0. The molecule has 1 amide bonds. The van der Waals surface area contributed by atoms with Gasteiger partial charge in [-0.1, -0.05) is 12.8 Å². The largest absolute Gasteiger partial charge is 0.344 e. The van der Waals surface area contributed by atoms with E-state index >= 15 is 0 Å². The highest BCUT2D eigenvalue weighted by atomic mass is 16.2. The van der Waals surface area contributed by atoms with Gasteiger partial charge in [0.05, 0.1) is 13.1 Å². The Labute approximate surface area is 104 Å². The lowest BCUT2D eigenvalue weighted by Gasteiger charge is -2.35. The molecule has 0 aromatic heterocycles. The number of nitrogens with zero attached hydrogens (tertiary/aromatic N) is 2. The van der Waals surface area contributed by atoms with Gasteiger partial charge in [-0.15, -0.1) is 6.42 Å². The summed E-state index contributed by atoms with van der Waals surface area (Å²) >= 11 is 0. The van der Waals surface area contributed by atoms with Gasteiger partial charge in [0.15, 0.2) is 0 Å². The first-order valence-corrected chi connectivity index (χ1v) is 6.30. The van der Waals surface area contributed by atoms with Crippen molar-refractivity contribution < 1.29 is 4.79 Å². The average molecular weight is 237 g/mol. The highest BCUT2D eigenvalue weighted by Gasteiger charge is 2.22. The number of likely N-dealkylation sites (N-methyl/N-ethyl adjacent to an activating group) is 1. The number of carbonyl (C=O) groups is 1. The van der Waals surface area contributed by atoms with Crippen LogP contribution in [0, 0.1) is 12.3 Å². The number of amides is 1. The molecule has 1 heterocycles. The second-order valence-corrected chi connectivity index (χ2v) is 4.56. The van der Waals surface area contributed by atoms with Crippen LogP contribution in [-0.2, 0) is 4.79 Å². The van der Waals surface area contributed by atoms with Crippen molar-refractivity contribution in [2.75, 3.05) is 39.8 Å². The molecule has 0 aliphatic carbocycles. The first-order chi connectivity index (χ1) is 8.17. The summed E-state index contributed by atoms with van der Waals surface area (Å²) < 4.78 is 0. The second-order valence-electron chi connectivity index (χ2n) is 4.56. The number of carbonyl (C=O) groups excluding carboxylic acids is 1. The zero-order valence-corrected chi connectivity index (χ0v) is 10.9. The van der Waals surface area contributed by atoms with Gasteiger partial charge >= 0.3 is 0 Å². The molecule has 1 aliphatic heterocycles. The maximum absolute atomic E-state index is 11.5. The van der Waals surface area contributed by atoms with E-state index in [1.807, 2.05) is 7.05 Å². The van der Waals surface area contributed by atoms with Crippen molar-refractivity contribution in [3.63, 3.8) is 0 Å². The van der Waals surface area contributed by atoms with Gasteiger partial charge in [-0.3, -0.25) is 9.69 Å². The number of rotatable bonds is 5. The molecule has 1 rings (SSSR count). The Bertz CT molecular complexity index is 277. The molecule has 0 unspecified atom stereocenters. The Kier molecular flexibility index (Phi) is 6.03. The Balaban J connectivity index is 2.26. The van der Waals surface area contributed by atoms with E-state index in [9.17, 15) is 4.79 Å². The van der Waals surface area contributed by atoms with Crippen LogP contribution in [0.5, 0.6) is 0 Å². The predicted octanol–water partition coefficient (Wildman–Crippen LogP) is 0.152. The van der Waals surface area contributed by atoms with E-state index in [-0.39, 0.29) is 5.91 Å². The van der Waals surface area contributed by atoms with Crippen molar-refractivity contribution in [2.24, 2.45) is 0 Å². The van der Waals surface area contributed by atoms with Crippen LogP contribution in [0.2, 0.25) is 0 Å². The Morgan fingerprint density at radius 1 is 1.53 bits per heavy atom. The molecule has 0 saturated carbocycles. The van der Waals surface area contributed by atoms with Gasteiger partial charge in [-0.25, -0.2) is 0 Å². The molecule has 0 bridgehead atoms. The zero-order chi connectivity index (χ0) is 12.7. The van der Waals surface area contributed by atoms with E-state index in [4.69, 9.17) is 6.42 Å². The number of nitrogens with one attached hydrogen (secondary N) is 1. The Morgan fingerprint density at radius 3 is 2.71 bits per heavy atom. The number of piperidine rings is 1. The van der Waals surface area contributed by atoms with E-state index in [0.717, 1.165) is 32.5 Å². The van der Waals surface area contributed by atoms with Crippen LogP contribution >= 0.6 is 0 Å². The first-order valence-electron chi connectivity index (χ1n) is 6.30. The quantitative estimate of drug-likeness (QED) is 0.692. The number of hydrogen-bond acceptors (Lipinski definition) is 3. The number of hydrogen-bond donors (Lipinski definition) is 1. The van der Waals surface area contributed by atoms with E-state index in [1.54, 1.807) is 0 Å². The molecule has 0 aromatic rings. The number of likely N-dealkylation sites (tertiary alicyclic amines) is 1. The fourth-order valence-electron chi connectivity index (χ4n) is 2.24. The molecule has 17 heavy (non-hydrogen) atoms. The Morgan fingerprint density at radius 2 is 2.18 bits per heavy atom. The first kappa shape index (κ1) is 14.0. The molecule has 0 radical (unpaired) electrons. The zero-order valence-electron chi connectivity index (χ0n) is 10.9. The van der Waals surface area contributed by atoms with Gasteiger partial charge in [0.1, 0.15) is 0 Å². The van der Waals surface area contributed by atoms with Gasteiger partial charge in [0, 0.05) is 6.04 Å². The molecular weight excluding hydrogens is 214 g/mol. The fraction of sp³-hybridized carbons (Fsp3) is 0.769. The third-order valence-electron chi connectivity index (χ3n) is 3.41. The van der Waals surface area contributed by atoms with Gasteiger partial charge in [0.2, 0.25) is 5.91 Å². The molecule has 1 fully saturated rings. The summed E-state index contributed by atoms with van der Waals surface area (Å²) in [6.45, 7) is 6.35.